The van der Waals surface area contributed by atoms with Crippen molar-refractivity contribution >= 4 is 40.8 Å². The van der Waals surface area contributed by atoms with Gasteiger partial charge in [-0.15, -0.1) is 0 Å². The van der Waals surface area contributed by atoms with E-state index in [4.69, 9.17) is 23.2 Å². The predicted octanol–water partition coefficient (Wildman–Crippen LogP) is 5.88. The summed E-state index contributed by atoms with van der Waals surface area (Å²) in [6.45, 7) is 6.60. The summed E-state index contributed by atoms with van der Waals surface area (Å²) in [6.07, 6.45) is 0. The molecule has 0 amide bonds. The van der Waals surface area contributed by atoms with E-state index >= 15 is 0 Å². The molecule has 0 radical (unpaired) electrons. The van der Waals surface area contributed by atoms with Crippen LogP contribution in [0, 0.1) is 0 Å². The van der Waals surface area contributed by atoms with Crippen molar-refractivity contribution in [2.45, 2.75) is 36.1 Å². The Morgan fingerprint density at radius 3 is 2.19 bits per heavy atom. The van der Waals surface area contributed by atoms with Gasteiger partial charge in [-0.3, -0.25) is 0 Å². The van der Waals surface area contributed by atoms with E-state index in [0.29, 0.717) is 15.9 Å². The maximum Gasteiger partial charge on any atom is 0.146 e. The summed E-state index contributed by atoms with van der Waals surface area (Å²) < 4.78 is 0. The van der Waals surface area contributed by atoms with Gasteiger partial charge in [-0.1, -0.05) is 67.9 Å². The maximum absolute atomic E-state index is 6.22. The molecule has 2 aromatic rings. The first-order valence-electron chi connectivity index (χ1n) is 6.63. The molecular formula is C16H18Cl2N2S. The summed E-state index contributed by atoms with van der Waals surface area (Å²) in [5.74, 6) is 0.634. The summed E-state index contributed by atoms with van der Waals surface area (Å²) in [5.41, 5.74) is 1.46. The minimum absolute atomic E-state index is 0.151. The molecule has 0 bridgehead atoms. The van der Waals surface area contributed by atoms with Crippen LogP contribution in [0.5, 0.6) is 0 Å². The first kappa shape index (κ1) is 16.5. The zero-order chi connectivity index (χ0) is 15.6. The molecule has 0 saturated heterocycles. The van der Waals surface area contributed by atoms with E-state index < -0.39 is 0 Å². The van der Waals surface area contributed by atoms with Crippen LogP contribution in [0.2, 0.25) is 10.0 Å². The highest BCUT2D eigenvalue weighted by Crippen LogP contribution is 2.36. The lowest BCUT2D eigenvalue weighted by atomic mass is 9.87. The molecule has 1 N–H and O–H groups in total. The Morgan fingerprint density at radius 2 is 1.67 bits per heavy atom. The Bertz CT molecular complexity index is 634. The first-order chi connectivity index (χ1) is 9.81. The van der Waals surface area contributed by atoms with Crippen LogP contribution in [0.3, 0.4) is 0 Å². The fourth-order valence-corrected chi connectivity index (χ4v) is 3.19. The maximum atomic E-state index is 6.22. The molecule has 112 valence electrons. The van der Waals surface area contributed by atoms with Gasteiger partial charge in [0.1, 0.15) is 10.8 Å². The van der Waals surface area contributed by atoms with Gasteiger partial charge >= 0.3 is 0 Å². The fraction of sp³-hybridized carbons (Fsp3) is 0.312. The average molecular weight is 341 g/mol. The van der Waals surface area contributed by atoms with Crippen molar-refractivity contribution in [3.05, 3.63) is 45.9 Å². The molecule has 0 saturated carbocycles. The molecule has 2 nitrogen and oxygen atoms in total. The van der Waals surface area contributed by atoms with E-state index in [1.54, 1.807) is 13.1 Å². The Hall–Kier alpha value is -0.900. The first-order valence-corrected chi connectivity index (χ1v) is 8.20. The average Bonchev–Trinajstić information content (AvgIpc) is 2.41. The molecule has 5 heteroatoms. The lowest BCUT2D eigenvalue weighted by Gasteiger charge is -2.19. The SMILES string of the molecule is CNc1nc(Sc2ccc(C(C)(C)C)cc2)c(Cl)cc1Cl. The van der Waals surface area contributed by atoms with Crippen LogP contribution in [-0.2, 0) is 5.41 Å². The van der Waals surface area contributed by atoms with Crippen LogP contribution in [0.1, 0.15) is 26.3 Å². The van der Waals surface area contributed by atoms with Crippen LogP contribution < -0.4 is 5.32 Å². The molecule has 0 spiro atoms. The Kier molecular flexibility index (Phi) is 5.07. The molecule has 0 atom stereocenters. The van der Waals surface area contributed by atoms with Crippen molar-refractivity contribution in [3.63, 3.8) is 0 Å². The van der Waals surface area contributed by atoms with Gasteiger partial charge in [0, 0.05) is 11.9 Å². The standard InChI is InChI=1S/C16H18Cl2N2S/c1-16(2,3)10-5-7-11(8-6-10)21-15-13(18)9-12(17)14(19-4)20-15/h5-9H,1-4H3,(H,19,20). The second-order valence-corrected chi connectivity index (χ2v) is 7.61. The van der Waals surface area contributed by atoms with Gasteiger partial charge in [0.25, 0.3) is 0 Å². The monoisotopic (exact) mass is 340 g/mol. The number of nitrogens with zero attached hydrogens (tertiary/aromatic N) is 1. The summed E-state index contributed by atoms with van der Waals surface area (Å²) in [5, 5.41) is 4.79. The second-order valence-electron chi connectivity index (χ2n) is 5.73. The van der Waals surface area contributed by atoms with Crippen molar-refractivity contribution < 1.29 is 0 Å². The van der Waals surface area contributed by atoms with Crippen molar-refractivity contribution in [1.29, 1.82) is 0 Å². The largest absolute Gasteiger partial charge is 0.372 e. The molecular weight excluding hydrogens is 323 g/mol. The molecule has 1 aromatic carbocycles. The van der Waals surface area contributed by atoms with Gasteiger partial charge in [0.15, 0.2) is 0 Å². The van der Waals surface area contributed by atoms with Crippen molar-refractivity contribution in [1.82, 2.24) is 4.98 Å². The van der Waals surface area contributed by atoms with Gasteiger partial charge in [-0.2, -0.15) is 0 Å². The number of pyridine rings is 1. The molecule has 0 unspecified atom stereocenters. The number of aromatic nitrogens is 1. The van der Waals surface area contributed by atoms with Crippen molar-refractivity contribution in [2.24, 2.45) is 0 Å². The van der Waals surface area contributed by atoms with E-state index in [0.717, 1.165) is 9.92 Å². The quantitative estimate of drug-likeness (QED) is 0.755. The molecule has 0 aliphatic rings. The fourth-order valence-electron chi connectivity index (χ4n) is 1.83. The number of nitrogens with one attached hydrogen (secondary N) is 1. The van der Waals surface area contributed by atoms with E-state index in [1.165, 1.54) is 17.3 Å². The topological polar surface area (TPSA) is 24.9 Å². The zero-order valence-corrected chi connectivity index (χ0v) is 14.8. The Morgan fingerprint density at radius 1 is 1.05 bits per heavy atom. The molecule has 0 aliphatic heterocycles. The highest BCUT2D eigenvalue weighted by molar-refractivity contribution is 7.99. The summed E-state index contributed by atoms with van der Waals surface area (Å²) in [6, 6.07) is 10.2. The van der Waals surface area contributed by atoms with Crippen LogP contribution >= 0.6 is 35.0 Å². The van der Waals surface area contributed by atoms with Gasteiger partial charge in [-0.05, 0) is 29.2 Å². The van der Waals surface area contributed by atoms with Gasteiger partial charge in [0.05, 0.1) is 10.0 Å². The van der Waals surface area contributed by atoms with Crippen LogP contribution in [-0.4, -0.2) is 12.0 Å². The molecule has 21 heavy (non-hydrogen) atoms. The Labute approximate surface area is 140 Å². The van der Waals surface area contributed by atoms with Crippen LogP contribution in [0.25, 0.3) is 0 Å². The van der Waals surface area contributed by atoms with E-state index in [9.17, 15) is 0 Å². The number of anilines is 1. The summed E-state index contributed by atoms with van der Waals surface area (Å²) in [7, 11) is 1.79. The number of rotatable bonds is 3. The molecule has 0 aliphatic carbocycles. The molecule has 2 rings (SSSR count). The predicted molar refractivity (Wildman–Crippen MR) is 93.1 cm³/mol. The third-order valence-corrected chi connectivity index (χ3v) is 4.77. The minimum Gasteiger partial charge on any atom is -0.372 e. The van der Waals surface area contributed by atoms with E-state index in [-0.39, 0.29) is 5.41 Å². The second kappa shape index (κ2) is 6.47. The highest BCUT2D eigenvalue weighted by atomic mass is 35.5. The molecule has 1 heterocycles. The van der Waals surface area contributed by atoms with Crippen molar-refractivity contribution in [2.75, 3.05) is 12.4 Å². The third kappa shape index (κ3) is 4.06. The number of halogens is 2. The molecule has 0 fully saturated rings. The smallest absolute Gasteiger partial charge is 0.146 e. The lowest BCUT2D eigenvalue weighted by molar-refractivity contribution is 0.590. The van der Waals surface area contributed by atoms with Crippen molar-refractivity contribution in [3.8, 4) is 0 Å². The van der Waals surface area contributed by atoms with Crippen LogP contribution in [0.4, 0.5) is 5.82 Å². The zero-order valence-electron chi connectivity index (χ0n) is 12.5. The third-order valence-electron chi connectivity index (χ3n) is 3.07. The number of benzene rings is 1. The minimum atomic E-state index is 0.151. The van der Waals surface area contributed by atoms with Gasteiger partial charge in [-0.25, -0.2) is 4.98 Å². The van der Waals surface area contributed by atoms with Gasteiger partial charge in [0.2, 0.25) is 0 Å². The number of hydrogen-bond acceptors (Lipinski definition) is 3. The summed E-state index contributed by atoms with van der Waals surface area (Å²) in [4.78, 5) is 5.54. The number of hydrogen-bond donors (Lipinski definition) is 1. The molecule has 1 aromatic heterocycles. The van der Waals surface area contributed by atoms with E-state index in [2.05, 4.69) is 55.3 Å². The van der Waals surface area contributed by atoms with Gasteiger partial charge < -0.3 is 5.32 Å². The highest BCUT2D eigenvalue weighted by Gasteiger charge is 2.14. The van der Waals surface area contributed by atoms with E-state index in [1.807, 2.05) is 0 Å². The van der Waals surface area contributed by atoms with Crippen LogP contribution in [0.15, 0.2) is 40.3 Å². The summed E-state index contributed by atoms with van der Waals surface area (Å²) >= 11 is 13.8. The Balaban J connectivity index is 2.26. The lowest BCUT2D eigenvalue weighted by Crippen LogP contribution is -2.10. The normalized spacial score (nSPS) is 11.5.